The van der Waals surface area contributed by atoms with E-state index in [-0.39, 0.29) is 0 Å². The zero-order valence-electron chi connectivity index (χ0n) is 12.5. The lowest BCUT2D eigenvalue weighted by Gasteiger charge is -2.57. The number of amides is 3. The van der Waals surface area contributed by atoms with Gasteiger partial charge in [-0.25, -0.2) is 4.79 Å². The molecule has 1 aliphatic heterocycles. The van der Waals surface area contributed by atoms with Gasteiger partial charge >= 0.3 is 12.2 Å². The predicted octanol–water partition coefficient (Wildman–Crippen LogP) is 2.50. The summed E-state index contributed by atoms with van der Waals surface area (Å²) in [6.07, 6.45) is -4.68. The summed E-state index contributed by atoms with van der Waals surface area (Å²) in [6, 6.07) is -0.819. The molecule has 0 aliphatic carbocycles. The standard InChI is InChI=1S/C11H21F3N2O2Si2/c1-19(2,3)11(20(4,5)6)7(10(12,13)14)8(17)15-9(18)16-11/h7H,1-6H3,(H2,15,16,17,18). The Hall–Kier alpha value is -0.836. The second kappa shape index (κ2) is 4.58. The van der Waals surface area contributed by atoms with E-state index in [1.807, 2.05) is 0 Å². The van der Waals surface area contributed by atoms with Gasteiger partial charge in [0.15, 0.2) is 5.92 Å². The Labute approximate surface area is 118 Å². The van der Waals surface area contributed by atoms with Crippen LogP contribution in [0.15, 0.2) is 0 Å². The Bertz CT molecular complexity index is 424. The van der Waals surface area contributed by atoms with Crippen LogP contribution in [0.4, 0.5) is 18.0 Å². The first-order chi connectivity index (χ1) is 8.64. The monoisotopic (exact) mass is 326 g/mol. The highest BCUT2D eigenvalue weighted by molar-refractivity contribution is 6.99. The number of nitrogens with one attached hydrogen (secondary N) is 2. The fraction of sp³-hybridized carbons (Fsp3) is 0.818. The van der Waals surface area contributed by atoms with Gasteiger partial charge in [-0.3, -0.25) is 10.1 Å². The van der Waals surface area contributed by atoms with Crippen LogP contribution >= 0.6 is 0 Å². The van der Waals surface area contributed by atoms with E-state index in [0.717, 1.165) is 0 Å². The van der Waals surface area contributed by atoms with Crippen LogP contribution in [0.25, 0.3) is 0 Å². The van der Waals surface area contributed by atoms with Gasteiger partial charge in [-0.1, -0.05) is 39.3 Å². The summed E-state index contributed by atoms with van der Waals surface area (Å²) in [5.41, 5.74) is 0. The van der Waals surface area contributed by atoms with Crippen molar-refractivity contribution in [3.63, 3.8) is 0 Å². The quantitative estimate of drug-likeness (QED) is 0.766. The molecule has 0 aromatic rings. The summed E-state index contributed by atoms with van der Waals surface area (Å²) in [4.78, 5) is 22.1. The number of hydrogen-bond donors (Lipinski definition) is 2. The van der Waals surface area contributed by atoms with Crippen molar-refractivity contribution in [2.45, 2.75) is 50.2 Å². The molecule has 3 amide bonds. The molecule has 1 unspecified atom stereocenters. The molecule has 0 aromatic carbocycles. The zero-order chi connectivity index (χ0) is 16.1. The largest absolute Gasteiger partial charge is 0.402 e. The third-order valence-electron chi connectivity index (χ3n) is 3.94. The average molecular weight is 326 g/mol. The lowest BCUT2D eigenvalue weighted by molar-refractivity contribution is -0.189. The van der Waals surface area contributed by atoms with Gasteiger partial charge in [-0.2, -0.15) is 13.2 Å². The van der Waals surface area contributed by atoms with E-state index in [4.69, 9.17) is 0 Å². The van der Waals surface area contributed by atoms with E-state index in [1.54, 1.807) is 44.6 Å². The molecule has 1 heterocycles. The first-order valence-corrected chi connectivity index (χ1v) is 13.3. The van der Waals surface area contributed by atoms with Crippen molar-refractivity contribution < 1.29 is 22.8 Å². The highest BCUT2D eigenvalue weighted by Gasteiger charge is 2.69. The molecular formula is C11H21F3N2O2Si2. The van der Waals surface area contributed by atoms with Crippen molar-refractivity contribution in [2.24, 2.45) is 5.92 Å². The zero-order valence-corrected chi connectivity index (χ0v) is 14.5. The molecule has 9 heteroatoms. The van der Waals surface area contributed by atoms with Crippen LogP contribution in [-0.2, 0) is 4.79 Å². The summed E-state index contributed by atoms with van der Waals surface area (Å²) in [5, 5.41) is 4.30. The van der Waals surface area contributed by atoms with Crippen molar-refractivity contribution in [3.05, 3.63) is 0 Å². The van der Waals surface area contributed by atoms with Crippen molar-refractivity contribution in [3.8, 4) is 0 Å². The molecule has 1 saturated heterocycles. The summed E-state index contributed by atoms with van der Waals surface area (Å²) in [7, 11) is -5.10. The second-order valence-corrected chi connectivity index (χ2v) is 18.3. The second-order valence-electron chi connectivity index (χ2n) is 7.23. The van der Waals surface area contributed by atoms with Crippen LogP contribution in [0.3, 0.4) is 0 Å². The Balaban J connectivity index is 3.65. The van der Waals surface area contributed by atoms with E-state index in [9.17, 15) is 22.8 Å². The van der Waals surface area contributed by atoms with Crippen LogP contribution in [0.2, 0.25) is 39.3 Å². The highest BCUT2D eigenvalue weighted by Crippen LogP contribution is 2.46. The van der Waals surface area contributed by atoms with Crippen LogP contribution in [0.5, 0.6) is 0 Å². The number of alkyl halides is 3. The average Bonchev–Trinajstić information content (AvgIpc) is 2.09. The molecule has 0 bridgehead atoms. The van der Waals surface area contributed by atoms with Crippen LogP contribution in [-0.4, -0.2) is 39.0 Å². The Morgan fingerprint density at radius 3 is 1.70 bits per heavy atom. The number of imide groups is 1. The normalized spacial score (nSPS) is 24.1. The molecule has 1 aliphatic rings. The maximum absolute atomic E-state index is 13.5. The van der Waals surface area contributed by atoms with E-state index in [0.29, 0.717) is 0 Å². The maximum Gasteiger partial charge on any atom is 0.402 e. The lowest BCUT2D eigenvalue weighted by Crippen LogP contribution is -2.85. The molecule has 0 spiro atoms. The van der Waals surface area contributed by atoms with Gasteiger partial charge < -0.3 is 5.32 Å². The van der Waals surface area contributed by atoms with Crippen molar-refractivity contribution >= 4 is 28.1 Å². The van der Waals surface area contributed by atoms with E-state index < -0.39 is 45.0 Å². The summed E-state index contributed by atoms with van der Waals surface area (Å²) < 4.78 is 40.5. The third-order valence-corrected chi connectivity index (χ3v) is 14.0. The topological polar surface area (TPSA) is 58.2 Å². The fourth-order valence-electron chi connectivity index (χ4n) is 3.42. The molecule has 0 aromatic heterocycles. The summed E-state index contributed by atoms with van der Waals surface area (Å²) >= 11 is 0. The van der Waals surface area contributed by atoms with Gasteiger partial charge in [-0.05, 0) is 0 Å². The number of urea groups is 1. The summed E-state index contributed by atoms with van der Waals surface area (Å²) in [5.74, 6) is -3.41. The molecule has 116 valence electrons. The molecule has 2 N–H and O–H groups in total. The predicted molar refractivity (Wildman–Crippen MR) is 75.6 cm³/mol. The Morgan fingerprint density at radius 1 is 1.00 bits per heavy atom. The van der Waals surface area contributed by atoms with Crippen molar-refractivity contribution in [2.75, 3.05) is 0 Å². The van der Waals surface area contributed by atoms with Gasteiger partial charge in [0, 0.05) is 4.79 Å². The number of halogens is 3. The van der Waals surface area contributed by atoms with Gasteiger partial charge in [-0.15, -0.1) is 0 Å². The van der Waals surface area contributed by atoms with Gasteiger partial charge in [0.1, 0.15) is 0 Å². The van der Waals surface area contributed by atoms with Gasteiger partial charge in [0.25, 0.3) is 0 Å². The molecule has 0 saturated carbocycles. The van der Waals surface area contributed by atoms with E-state index in [2.05, 4.69) is 5.32 Å². The van der Waals surface area contributed by atoms with E-state index >= 15 is 0 Å². The molecular weight excluding hydrogens is 305 g/mol. The van der Waals surface area contributed by atoms with Crippen molar-refractivity contribution in [1.82, 2.24) is 10.6 Å². The number of carbonyl (C=O) groups excluding carboxylic acids is 2. The van der Waals surface area contributed by atoms with Gasteiger partial charge in [0.2, 0.25) is 5.91 Å². The first kappa shape index (κ1) is 17.2. The SMILES string of the molecule is C[Si](C)(C)C1([Si](C)(C)C)NC(=O)NC(=O)C1C(F)(F)F. The maximum atomic E-state index is 13.5. The lowest BCUT2D eigenvalue weighted by atomic mass is 10.1. The van der Waals surface area contributed by atoms with Crippen LogP contribution in [0.1, 0.15) is 0 Å². The first-order valence-electron chi connectivity index (χ1n) is 6.34. The Morgan fingerprint density at radius 2 is 1.40 bits per heavy atom. The third kappa shape index (κ3) is 2.52. The molecule has 4 nitrogen and oxygen atoms in total. The molecule has 1 atom stereocenters. The van der Waals surface area contributed by atoms with Crippen molar-refractivity contribution in [1.29, 1.82) is 0 Å². The highest BCUT2D eigenvalue weighted by atomic mass is 28.4. The van der Waals surface area contributed by atoms with Crippen LogP contribution < -0.4 is 10.6 Å². The minimum absolute atomic E-state index is 0.819. The molecule has 20 heavy (non-hydrogen) atoms. The molecule has 1 rings (SSSR count). The molecule has 1 fully saturated rings. The minimum atomic E-state index is -4.68. The number of carbonyl (C=O) groups is 2. The number of hydrogen-bond acceptors (Lipinski definition) is 2. The smallest absolute Gasteiger partial charge is 0.337 e. The summed E-state index contributed by atoms with van der Waals surface area (Å²) in [6.45, 7) is 10.6. The van der Waals surface area contributed by atoms with Gasteiger partial charge in [0.05, 0.1) is 16.1 Å². The van der Waals surface area contributed by atoms with Crippen LogP contribution in [0, 0.1) is 5.92 Å². The fourth-order valence-corrected chi connectivity index (χ4v) is 15.7. The van der Waals surface area contributed by atoms with E-state index in [1.165, 1.54) is 0 Å². The Kier molecular flexibility index (Phi) is 3.95. The number of rotatable bonds is 2. The minimum Gasteiger partial charge on any atom is -0.337 e. The molecule has 0 radical (unpaired) electrons.